The van der Waals surface area contributed by atoms with E-state index in [0.717, 1.165) is 24.3 Å². The van der Waals surface area contributed by atoms with Crippen molar-refractivity contribution in [2.24, 2.45) is 0 Å². The third-order valence-electron chi connectivity index (χ3n) is 3.39. The second-order valence-corrected chi connectivity index (χ2v) is 5.33. The van der Waals surface area contributed by atoms with Crippen molar-refractivity contribution >= 4 is 23.3 Å². The van der Waals surface area contributed by atoms with Gasteiger partial charge in [0.2, 0.25) is 0 Å². The predicted octanol–water partition coefficient (Wildman–Crippen LogP) is 3.60. The lowest BCUT2D eigenvalue weighted by atomic mass is 10.2. The minimum absolute atomic E-state index is 0.158. The fourth-order valence-electron chi connectivity index (χ4n) is 2.09. The van der Waals surface area contributed by atoms with Crippen LogP contribution in [-0.2, 0) is 11.3 Å². The van der Waals surface area contributed by atoms with E-state index in [1.54, 1.807) is 6.26 Å². The first-order chi connectivity index (χ1) is 10.2. The van der Waals surface area contributed by atoms with Crippen LogP contribution in [0.2, 0.25) is 5.02 Å². The first kappa shape index (κ1) is 13.9. The molecule has 0 atom stereocenters. The smallest absolute Gasteiger partial charge is 0.358 e. The number of halogens is 1. The number of aromatic nitrogens is 1. The standard InChI is InChI=1S/C15H15ClN2O3/c1-20-15(19)14-13(16)12(7-11(18-14)9-4-5-9)17-8-10-3-2-6-21-10/h2-3,6-7,9H,4-5,8H2,1H3,(H,17,18). The zero-order chi connectivity index (χ0) is 14.8. The van der Waals surface area contributed by atoms with Gasteiger partial charge in [0.1, 0.15) is 5.76 Å². The molecule has 1 aliphatic carbocycles. The molecular weight excluding hydrogens is 292 g/mol. The molecule has 2 aromatic heterocycles. The number of carbonyl (C=O) groups is 1. The fourth-order valence-corrected chi connectivity index (χ4v) is 2.33. The second-order valence-electron chi connectivity index (χ2n) is 4.96. The van der Waals surface area contributed by atoms with E-state index in [1.807, 2.05) is 18.2 Å². The summed E-state index contributed by atoms with van der Waals surface area (Å²) >= 11 is 6.26. The number of rotatable bonds is 5. The van der Waals surface area contributed by atoms with Gasteiger partial charge in [-0.25, -0.2) is 9.78 Å². The molecule has 21 heavy (non-hydrogen) atoms. The highest BCUT2D eigenvalue weighted by molar-refractivity contribution is 6.35. The molecule has 0 saturated heterocycles. The summed E-state index contributed by atoms with van der Waals surface area (Å²) < 4.78 is 10.0. The predicted molar refractivity (Wildman–Crippen MR) is 78.6 cm³/mol. The molecular formula is C15H15ClN2O3. The Labute approximate surface area is 127 Å². The number of hydrogen-bond acceptors (Lipinski definition) is 5. The molecule has 3 rings (SSSR count). The van der Waals surface area contributed by atoms with Crippen LogP contribution in [0.5, 0.6) is 0 Å². The van der Waals surface area contributed by atoms with Gasteiger partial charge in [0.15, 0.2) is 5.69 Å². The van der Waals surface area contributed by atoms with E-state index < -0.39 is 5.97 Å². The molecule has 5 nitrogen and oxygen atoms in total. The number of ether oxygens (including phenoxy) is 1. The van der Waals surface area contributed by atoms with Crippen LogP contribution in [0.25, 0.3) is 0 Å². The van der Waals surface area contributed by atoms with Crippen LogP contribution < -0.4 is 5.32 Å². The van der Waals surface area contributed by atoms with Gasteiger partial charge in [-0.05, 0) is 31.0 Å². The molecule has 0 amide bonds. The van der Waals surface area contributed by atoms with Gasteiger partial charge in [0, 0.05) is 11.6 Å². The topological polar surface area (TPSA) is 64.4 Å². The number of esters is 1. The van der Waals surface area contributed by atoms with Crippen molar-refractivity contribution in [3.05, 3.63) is 46.6 Å². The Kier molecular flexibility index (Phi) is 3.84. The monoisotopic (exact) mass is 306 g/mol. The van der Waals surface area contributed by atoms with Crippen LogP contribution in [0.3, 0.4) is 0 Å². The highest BCUT2D eigenvalue weighted by Crippen LogP contribution is 2.41. The van der Waals surface area contributed by atoms with Gasteiger partial charge in [-0.2, -0.15) is 0 Å². The van der Waals surface area contributed by atoms with Crippen LogP contribution in [0.1, 0.15) is 40.7 Å². The zero-order valence-electron chi connectivity index (χ0n) is 11.6. The number of anilines is 1. The second kappa shape index (κ2) is 5.77. The van der Waals surface area contributed by atoms with Crippen molar-refractivity contribution in [1.82, 2.24) is 4.98 Å². The van der Waals surface area contributed by atoms with E-state index in [4.69, 9.17) is 20.8 Å². The van der Waals surface area contributed by atoms with Crippen LogP contribution in [0.15, 0.2) is 28.9 Å². The maximum atomic E-state index is 11.8. The van der Waals surface area contributed by atoms with E-state index in [9.17, 15) is 4.79 Å². The lowest BCUT2D eigenvalue weighted by Gasteiger charge is -2.12. The molecule has 2 heterocycles. The Morgan fingerprint density at radius 3 is 3.00 bits per heavy atom. The highest BCUT2D eigenvalue weighted by Gasteiger charge is 2.28. The molecule has 0 aromatic carbocycles. The summed E-state index contributed by atoms with van der Waals surface area (Å²) in [5.74, 6) is 0.675. The lowest BCUT2D eigenvalue weighted by molar-refractivity contribution is 0.0594. The normalized spacial score (nSPS) is 14.0. The van der Waals surface area contributed by atoms with Gasteiger partial charge in [0.25, 0.3) is 0 Å². The number of nitrogens with one attached hydrogen (secondary N) is 1. The molecule has 6 heteroatoms. The number of hydrogen-bond donors (Lipinski definition) is 1. The number of methoxy groups -OCH3 is 1. The molecule has 1 saturated carbocycles. The molecule has 2 aromatic rings. The molecule has 0 bridgehead atoms. The van der Waals surface area contributed by atoms with Crippen LogP contribution >= 0.6 is 11.6 Å². The minimum Gasteiger partial charge on any atom is -0.467 e. The summed E-state index contributed by atoms with van der Waals surface area (Å²) in [5.41, 5.74) is 1.71. The molecule has 0 spiro atoms. The lowest BCUT2D eigenvalue weighted by Crippen LogP contribution is -2.10. The molecule has 1 fully saturated rings. The van der Waals surface area contributed by atoms with E-state index in [1.165, 1.54) is 7.11 Å². The number of carbonyl (C=O) groups excluding carboxylic acids is 1. The molecule has 110 valence electrons. The van der Waals surface area contributed by atoms with E-state index in [0.29, 0.717) is 18.2 Å². The summed E-state index contributed by atoms with van der Waals surface area (Å²) in [6, 6.07) is 5.58. The largest absolute Gasteiger partial charge is 0.467 e. The first-order valence-electron chi connectivity index (χ1n) is 6.74. The summed E-state index contributed by atoms with van der Waals surface area (Å²) in [4.78, 5) is 16.1. The number of nitrogens with zero attached hydrogens (tertiary/aromatic N) is 1. The van der Waals surface area contributed by atoms with Crippen molar-refractivity contribution in [1.29, 1.82) is 0 Å². The minimum atomic E-state index is -0.524. The third kappa shape index (κ3) is 3.03. The fraction of sp³-hybridized carbons (Fsp3) is 0.333. The first-order valence-corrected chi connectivity index (χ1v) is 7.12. The number of furan rings is 1. The number of pyridine rings is 1. The van der Waals surface area contributed by atoms with Gasteiger partial charge >= 0.3 is 5.97 Å². The zero-order valence-corrected chi connectivity index (χ0v) is 12.3. The summed E-state index contributed by atoms with van der Waals surface area (Å²) in [6.07, 6.45) is 3.79. The Balaban J connectivity index is 1.89. The quantitative estimate of drug-likeness (QED) is 0.855. The Morgan fingerprint density at radius 1 is 1.57 bits per heavy atom. The molecule has 0 aliphatic heterocycles. The SMILES string of the molecule is COC(=O)c1nc(C2CC2)cc(NCc2ccco2)c1Cl. The van der Waals surface area contributed by atoms with Crippen molar-refractivity contribution in [3.63, 3.8) is 0 Å². The van der Waals surface area contributed by atoms with Crippen molar-refractivity contribution < 1.29 is 13.9 Å². The van der Waals surface area contributed by atoms with Crippen molar-refractivity contribution in [2.45, 2.75) is 25.3 Å². The van der Waals surface area contributed by atoms with Gasteiger partial charge < -0.3 is 14.5 Å². The average molecular weight is 307 g/mol. The summed E-state index contributed by atoms with van der Waals surface area (Å²) in [7, 11) is 1.32. The Morgan fingerprint density at radius 2 is 2.38 bits per heavy atom. The summed E-state index contributed by atoms with van der Waals surface area (Å²) in [5, 5.41) is 3.46. The summed E-state index contributed by atoms with van der Waals surface area (Å²) in [6.45, 7) is 0.488. The van der Waals surface area contributed by atoms with Gasteiger partial charge in [-0.15, -0.1) is 0 Å². The van der Waals surface area contributed by atoms with Crippen LogP contribution in [0.4, 0.5) is 5.69 Å². The van der Waals surface area contributed by atoms with Crippen molar-refractivity contribution in [2.75, 3.05) is 12.4 Å². The Bertz CT molecular complexity index is 651. The molecule has 0 radical (unpaired) electrons. The average Bonchev–Trinajstić information content (AvgIpc) is 3.22. The maximum Gasteiger partial charge on any atom is 0.358 e. The third-order valence-corrected chi connectivity index (χ3v) is 3.77. The van der Waals surface area contributed by atoms with E-state index in [-0.39, 0.29) is 10.7 Å². The van der Waals surface area contributed by atoms with Gasteiger partial charge in [0.05, 0.1) is 30.6 Å². The van der Waals surface area contributed by atoms with Gasteiger partial charge in [-0.3, -0.25) is 0 Å². The molecule has 1 N–H and O–H groups in total. The molecule has 0 unspecified atom stereocenters. The van der Waals surface area contributed by atoms with Crippen LogP contribution in [0, 0.1) is 0 Å². The van der Waals surface area contributed by atoms with Gasteiger partial charge in [-0.1, -0.05) is 11.6 Å². The van der Waals surface area contributed by atoms with Crippen LogP contribution in [-0.4, -0.2) is 18.1 Å². The highest BCUT2D eigenvalue weighted by atomic mass is 35.5. The maximum absolute atomic E-state index is 11.8. The Hall–Kier alpha value is -2.01. The van der Waals surface area contributed by atoms with Crippen molar-refractivity contribution in [3.8, 4) is 0 Å². The van der Waals surface area contributed by atoms with E-state index >= 15 is 0 Å². The van der Waals surface area contributed by atoms with E-state index in [2.05, 4.69) is 10.3 Å². The molecule has 1 aliphatic rings.